The maximum Gasteiger partial charge on any atom is 0.266 e. The number of hydrogen-bond donors (Lipinski definition) is 0. The lowest BCUT2D eigenvalue weighted by molar-refractivity contribution is 0.351. The molecule has 0 saturated heterocycles. The van der Waals surface area contributed by atoms with Crippen molar-refractivity contribution >= 4 is 0 Å². The second-order valence-electron chi connectivity index (χ2n) is 7.49. The lowest BCUT2D eigenvalue weighted by Gasteiger charge is -2.27. The van der Waals surface area contributed by atoms with Crippen molar-refractivity contribution in [3.05, 3.63) is 71.8 Å². The smallest absolute Gasteiger partial charge is 0.174 e. The van der Waals surface area contributed by atoms with E-state index in [1.54, 1.807) is 0 Å². The van der Waals surface area contributed by atoms with Gasteiger partial charge in [-0.15, -0.1) is 0 Å². The van der Waals surface area contributed by atoms with E-state index in [1.807, 2.05) is 0 Å². The number of rotatable bonds is 6. The highest BCUT2D eigenvalue weighted by Crippen LogP contribution is 2.37. The highest BCUT2D eigenvalue weighted by molar-refractivity contribution is 5.64. The molecular weight excluding hydrogens is 326 g/mol. The van der Waals surface area contributed by atoms with Crippen LogP contribution in [0.25, 0.3) is 11.1 Å². The van der Waals surface area contributed by atoms with Crippen LogP contribution in [0.3, 0.4) is 0 Å². The Morgan fingerprint density at radius 3 is 2.00 bits per heavy atom. The minimum atomic E-state index is -1.53. The van der Waals surface area contributed by atoms with E-state index in [4.69, 9.17) is 0 Å². The molecule has 2 aromatic carbocycles. The van der Waals surface area contributed by atoms with Gasteiger partial charge in [-0.3, -0.25) is 0 Å². The van der Waals surface area contributed by atoms with E-state index in [0.29, 0.717) is 5.92 Å². The van der Waals surface area contributed by atoms with Gasteiger partial charge in [0.05, 0.1) is 0 Å². The van der Waals surface area contributed by atoms with Crippen LogP contribution in [-0.2, 0) is 6.42 Å². The summed E-state index contributed by atoms with van der Waals surface area (Å²) in [5.41, 5.74) is 5.25. The fraction of sp³-hybridized carbons (Fsp3) is 0.417. The van der Waals surface area contributed by atoms with E-state index in [-0.39, 0.29) is 5.92 Å². The zero-order valence-corrected chi connectivity index (χ0v) is 15.6. The summed E-state index contributed by atoms with van der Waals surface area (Å²) in [5, 5.41) is 0. The van der Waals surface area contributed by atoms with Crippen molar-refractivity contribution in [2.45, 2.75) is 57.8 Å². The summed E-state index contributed by atoms with van der Waals surface area (Å²) in [4.78, 5) is 0. The summed E-state index contributed by atoms with van der Waals surface area (Å²) in [7, 11) is 0. The van der Waals surface area contributed by atoms with Gasteiger partial charge in [-0.05, 0) is 78.7 Å². The summed E-state index contributed by atoms with van der Waals surface area (Å²) in [5.74, 6) is 0.564. The lowest BCUT2D eigenvalue weighted by atomic mass is 9.78. The fourth-order valence-electron chi connectivity index (χ4n) is 3.99. The molecule has 2 heteroatoms. The van der Waals surface area contributed by atoms with E-state index in [0.717, 1.165) is 38.2 Å². The van der Waals surface area contributed by atoms with Crippen LogP contribution in [0.2, 0.25) is 0 Å². The molecule has 0 amide bonds. The Morgan fingerprint density at radius 1 is 0.885 bits per heavy atom. The maximum atomic E-state index is 12.4. The normalized spacial score (nSPS) is 20.0. The minimum absolute atomic E-state index is 0.0572. The van der Waals surface area contributed by atoms with Crippen LogP contribution in [0.5, 0.6) is 0 Å². The van der Waals surface area contributed by atoms with Gasteiger partial charge >= 0.3 is 0 Å². The first-order chi connectivity index (χ1) is 12.7. The molecule has 3 rings (SSSR count). The van der Waals surface area contributed by atoms with Gasteiger partial charge in [0.15, 0.2) is 0 Å². The van der Waals surface area contributed by atoms with Crippen LogP contribution in [0, 0.1) is 5.92 Å². The molecule has 0 nitrogen and oxygen atoms in total. The highest BCUT2D eigenvalue weighted by atomic mass is 19.3. The fourth-order valence-corrected chi connectivity index (χ4v) is 3.99. The standard InChI is InChI=1S/C24H28F2/c1-2-3-4-18-5-9-20(10-6-18)22-13-15-23(16-14-22)21-11-7-19(8-12-21)17-24(25)26/h5-6,9-10,13-17,19,21H,2-4,7-8,11-12H2,1H3. The van der Waals surface area contributed by atoms with Crippen LogP contribution in [-0.4, -0.2) is 0 Å². The first kappa shape index (κ1) is 18.8. The second kappa shape index (κ2) is 9.12. The predicted octanol–water partition coefficient (Wildman–Crippen LogP) is 7.75. The van der Waals surface area contributed by atoms with Crippen molar-refractivity contribution in [1.82, 2.24) is 0 Å². The van der Waals surface area contributed by atoms with Gasteiger partial charge in [-0.2, -0.15) is 8.78 Å². The number of halogens is 2. The van der Waals surface area contributed by atoms with Crippen LogP contribution in [0.15, 0.2) is 60.7 Å². The van der Waals surface area contributed by atoms with Gasteiger partial charge in [-0.1, -0.05) is 61.9 Å². The molecule has 0 heterocycles. The first-order valence-corrected chi connectivity index (χ1v) is 9.88. The molecule has 138 valence electrons. The van der Waals surface area contributed by atoms with Gasteiger partial charge in [0.25, 0.3) is 6.08 Å². The molecule has 0 atom stereocenters. The van der Waals surface area contributed by atoms with E-state index in [2.05, 4.69) is 55.5 Å². The Balaban J connectivity index is 1.61. The van der Waals surface area contributed by atoms with Gasteiger partial charge in [-0.25, -0.2) is 0 Å². The largest absolute Gasteiger partial charge is 0.266 e. The van der Waals surface area contributed by atoms with Crippen molar-refractivity contribution < 1.29 is 8.78 Å². The second-order valence-corrected chi connectivity index (χ2v) is 7.49. The Kier molecular flexibility index (Phi) is 6.60. The number of benzene rings is 2. The monoisotopic (exact) mass is 354 g/mol. The van der Waals surface area contributed by atoms with Crippen molar-refractivity contribution in [2.24, 2.45) is 5.92 Å². The zero-order chi connectivity index (χ0) is 18.4. The summed E-state index contributed by atoms with van der Waals surface area (Å²) in [6, 6.07) is 17.7. The van der Waals surface area contributed by atoms with Gasteiger partial charge in [0.1, 0.15) is 0 Å². The Bertz CT molecular complexity index is 701. The Hall–Kier alpha value is -1.96. The highest BCUT2D eigenvalue weighted by Gasteiger charge is 2.21. The molecule has 0 N–H and O–H groups in total. The average molecular weight is 354 g/mol. The van der Waals surface area contributed by atoms with E-state index in [9.17, 15) is 8.78 Å². The van der Waals surface area contributed by atoms with E-state index >= 15 is 0 Å². The molecule has 1 aliphatic carbocycles. The van der Waals surface area contributed by atoms with Crippen molar-refractivity contribution in [2.75, 3.05) is 0 Å². The molecule has 0 aromatic heterocycles. The number of allylic oxidation sites excluding steroid dienone is 1. The quantitative estimate of drug-likeness (QED) is 0.497. The lowest BCUT2D eigenvalue weighted by Crippen LogP contribution is -2.11. The molecule has 2 aromatic rings. The average Bonchev–Trinajstić information content (AvgIpc) is 2.67. The molecule has 1 aliphatic rings. The van der Waals surface area contributed by atoms with E-state index < -0.39 is 6.08 Å². The third-order valence-electron chi connectivity index (χ3n) is 5.62. The maximum absolute atomic E-state index is 12.4. The molecule has 0 unspecified atom stereocenters. The molecule has 0 spiro atoms. The van der Waals surface area contributed by atoms with Crippen LogP contribution in [0.4, 0.5) is 8.78 Å². The first-order valence-electron chi connectivity index (χ1n) is 9.88. The third-order valence-corrected chi connectivity index (χ3v) is 5.62. The summed E-state index contributed by atoms with van der Waals surface area (Å²) >= 11 is 0. The zero-order valence-electron chi connectivity index (χ0n) is 15.6. The molecule has 0 radical (unpaired) electrons. The molecule has 0 aliphatic heterocycles. The van der Waals surface area contributed by atoms with Gasteiger partial charge < -0.3 is 0 Å². The Labute approximate surface area is 156 Å². The summed E-state index contributed by atoms with van der Waals surface area (Å²) < 4.78 is 24.8. The number of aryl methyl sites for hydroxylation is 1. The number of unbranched alkanes of at least 4 members (excludes halogenated alkanes) is 1. The molecule has 1 saturated carbocycles. The number of hydrogen-bond acceptors (Lipinski definition) is 0. The van der Waals surface area contributed by atoms with Crippen molar-refractivity contribution in [3.8, 4) is 11.1 Å². The third kappa shape index (κ3) is 5.03. The van der Waals surface area contributed by atoms with Crippen LogP contribution >= 0.6 is 0 Å². The SMILES string of the molecule is CCCCc1ccc(-c2ccc(C3CCC(C=C(F)F)CC3)cc2)cc1. The summed E-state index contributed by atoms with van der Waals surface area (Å²) in [6.07, 6.45) is 6.96. The van der Waals surface area contributed by atoms with Crippen molar-refractivity contribution in [1.29, 1.82) is 0 Å². The molecule has 0 bridgehead atoms. The van der Waals surface area contributed by atoms with Gasteiger partial charge in [0, 0.05) is 0 Å². The topological polar surface area (TPSA) is 0 Å². The van der Waals surface area contributed by atoms with Gasteiger partial charge in [0.2, 0.25) is 0 Å². The van der Waals surface area contributed by atoms with Crippen LogP contribution in [0.1, 0.15) is 62.5 Å². The van der Waals surface area contributed by atoms with Crippen LogP contribution < -0.4 is 0 Å². The minimum Gasteiger partial charge on any atom is -0.174 e. The summed E-state index contributed by atoms with van der Waals surface area (Å²) in [6.45, 7) is 2.22. The molecule has 1 fully saturated rings. The predicted molar refractivity (Wildman–Crippen MR) is 105 cm³/mol. The molecule has 26 heavy (non-hydrogen) atoms. The van der Waals surface area contributed by atoms with Crippen molar-refractivity contribution in [3.63, 3.8) is 0 Å². The Morgan fingerprint density at radius 2 is 1.46 bits per heavy atom. The molecular formula is C24H28F2. The van der Waals surface area contributed by atoms with E-state index in [1.165, 1.54) is 35.1 Å².